The van der Waals surface area contributed by atoms with Gasteiger partial charge in [0.1, 0.15) is 0 Å². The van der Waals surface area contributed by atoms with Gasteiger partial charge in [0.15, 0.2) is 5.65 Å². The largest absolute Gasteiger partial charge is 0.870 e. The van der Waals surface area contributed by atoms with E-state index in [1.807, 2.05) is 66.1 Å². The molecule has 7 heteroatoms. The molecule has 0 aliphatic heterocycles. The fourth-order valence-corrected chi connectivity index (χ4v) is 3.33. The molecule has 6 nitrogen and oxygen atoms in total. The molecule has 0 atom stereocenters. The van der Waals surface area contributed by atoms with Crippen LogP contribution in [-0.2, 0) is 13.0 Å². The van der Waals surface area contributed by atoms with Crippen LogP contribution in [0, 0.1) is 53.9 Å². The Bertz CT molecular complexity index is 1200. The monoisotopic (exact) mass is 548 g/mol. The van der Waals surface area contributed by atoms with E-state index in [0.717, 1.165) is 40.9 Å². The zero-order valence-corrected chi connectivity index (χ0v) is 19.7. The summed E-state index contributed by atoms with van der Waals surface area (Å²) in [7, 11) is 0. The summed E-state index contributed by atoms with van der Waals surface area (Å²) in [5, 5.41) is 4.49. The van der Waals surface area contributed by atoms with Crippen molar-refractivity contribution >= 4 is 5.65 Å². The van der Waals surface area contributed by atoms with Crippen molar-refractivity contribution < 1.29 is 45.9 Å². The second-order valence-corrected chi connectivity index (χ2v) is 6.71. The zero-order valence-electron chi connectivity index (χ0n) is 17.1. The molecule has 5 aromatic rings. The van der Waals surface area contributed by atoms with Gasteiger partial charge in [-0.2, -0.15) is 35.4 Å². The van der Waals surface area contributed by atoms with E-state index in [1.54, 1.807) is 0 Å². The number of imidazole rings is 1. The summed E-state index contributed by atoms with van der Waals surface area (Å²) < 4.78 is 3.93. The summed E-state index contributed by atoms with van der Waals surface area (Å²) in [6, 6.07) is 19.6. The van der Waals surface area contributed by atoms with E-state index in [9.17, 15) is 0 Å². The molecule has 158 valence electrons. The van der Waals surface area contributed by atoms with Crippen LogP contribution in [0.25, 0.3) is 27.9 Å². The standard InChI is InChI=1S/C23H18N5.CH3.H2O.Sm/c1-2-4-20(5-3-1)22-15-26-28-16-21(14-25-23(22)28)19-8-6-18(7-9-19)10-12-27-13-11-24-17-27;;;/h1-2,4-9,11,13-17H,10,12H2;1H3;1H2;/q2*-1;;/p-1. The molecule has 0 radical (unpaired) electrons. The van der Waals surface area contributed by atoms with Crippen molar-refractivity contribution in [2.24, 2.45) is 0 Å². The molecule has 0 spiro atoms. The predicted molar refractivity (Wildman–Crippen MR) is 117 cm³/mol. The summed E-state index contributed by atoms with van der Waals surface area (Å²) in [6.45, 7) is 0.930. The van der Waals surface area contributed by atoms with Gasteiger partial charge in [-0.05, 0) is 23.1 Å². The molecule has 0 amide bonds. The van der Waals surface area contributed by atoms with E-state index in [-0.39, 0.29) is 53.3 Å². The van der Waals surface area contributed by atoms with Crippen molar-refractivity contribution in [2.45, 2.75) is 13.0 Å². The number of hydrogen-bond acceptors (Lipinski definition) is 4. The van der Waals surface area contributed by atoms with Crippen molar-refractivity contribution in [3.63, 3.8) is 0 Å². The first-order valence-corrected chi connectivity index (χ1v) is 9.22. The third-order valence-electron chi connectivity index (χ3n) is 4.88. The fourth-order valence-electron chi connectivity index (χ4n) is 3.33. The molecular weight excluding hydrogens is 525 g/mol. The molecule has 2 aromatic carbocycles. The number of benzene rings is 2. The number of aryl methyl sites for hydroxylation is 2. The Hall–Kier alpha value is -2.43. The van der Waals surface area contributed by atoms with Gasteiger partial charge in [-0.1, -0.05) is 24.3 Å². The summed E-state index contributed by atoms with van der Waals surface area (Å²) in [6.07, 6.45) is 12.4. The fraction of sp³-hybridized carbons (Fsp3) is 0.0833. The molecule has 0 aliphatic carbocycles. The minimum absolute atomic E-state index is 0. The Kier molecular flexibility index (Phi) is 9.02. The van der Waals surface area contributed by atoms with Crippen LogP contribution in [0.4, 0.5) is 0 Å². The molecule has 0 saturated heterocycles. The van der Waals surface area contributed by atoms with E-state index < -0.39 is 0 Å². The molecule has 1 N–H and O–H groups in total. The van der Waals surface area contributed by atoms with Crippen LogP contribution >= 0.6 is 0 Å². The summed E-state index contributed by atoms with van der Waals surface area (Å²) >= 11 is 0. The minimum Gasteiger partial charge on any atom is -0.870 e. The van der Waals surface area contributed by atoms with Crippen molar-refractivity contribution in [1.29, 1.82) is 0 Å². The van der Waals surface area contributed by atoms with Crippen molar-refractivity contribution in [3.05, 3.63) is 105 Å². The van der Waals surface area contributed by atoms with Gasteiger partial charge in [0.05, 0.1) is 6.33 Å². The van der Waals surface area contributed by atoms with E-state index in [2.05, 4.69) is 50.0 Å². The Balaban J connectivity index is 0.00000114. The molecule has 0 aliphatic rings. The third kappa shape index (κ3) is 5.44. The van der Waals surface area contributed by atoms with Gasteiger partial charge < -0.3 is 17.5 Å². The topological polar surface area (TPSA) is 78.0 Å². The maximum atomic E-state index is 4.66. The summed E-state index contributed by atoms with van der Waals surface area (Å²) in [4.78, 5) is 8.74. The maximum Gasteiger partial charge on any atom is 0.150 e. The molecule has 3 heterocycles. The normalized spacial score (nSPS) is 10.1. The molecule has 0 bridgehead atoms. The van der Waals surface area contributed by atoms with Gasteiger partial charge in [0.25, 0.3) is 0 Å². The Morgan fingerprint density at radius 2 is 1.81 bits per heavy atom. The number of hydrogen-bond donors (Lipinski definition) is 0. The summed E-state index contributed by atoms with van der Waals surface area (Å²) in [5.41, 5.74) is 6.40. The molecule has 3 aromatic heterocycles. The van der Waals surface area contributed by atoms with Gasteiger partial charge in [0, 0.05) is 83.5 Å². The van der Waals surface area contributed by atoms with E-state index in [1.165, 1.54) is 5.56 Å². The second-order valence-electron chi connectivity index (χ2n) is 6.71. The van der Waals surface area contributed by atoms with E-state index >= 15 is 0 Å². The smallest absolute Gasteiger partial charge is 0.150 e. The Labute approximate surface area is 214 Å². The minimum atomic E-state index is 0. The number of fused-ring (bicyclic) bond motifs is 1. The van der Waals surface area contributed by atoms with Crippen LogP contribution in [-0.4, -0.2) is 29.6 Å². The first-order chi connectivity index (χ1) is 13.9. The zero-order chi connectivity index (χ0) is 18.8. The molecule has 5 rings (SSSR count). The maximum absolute atomic E-state index is 4.66. The number of nitrogens with zero attached hydrogens (tertiary/aromatic N) is 5. The van der Waals surface area contributed by atoms with Gasteiger partial charge in [0.2, 0.25) is 0 Å². The molecule has 0 unspecified atom stereocenters. The Morgan fingerprint density at radius 3 is 2.52 bits per heavy atom. The molecule has 31 heavy (non-hydrogen) atoms. The van der Waals surface area contributed by atoms with Crippen LogP contribution in [0.2, 0.25) is 0 Å². The van der Waals surface area contributed by atoms with Crippen molar-refractivity contribution in [3.8, 4) is 22.3 Å². The van der Waals surface area contributed by atoms with Crippen LogP contribution in [0.3, 0.4) is 0 Å². The summed E-state index contributed by atoms with van der Waals surface area (Å²) in [5.74, 6) is 0. The van der Waals surface area contributed by atoms with Gasteiger partial charge in [-0.15, -0.1) is 5.56 Å². The first kappa shape index (κ1) is 24.8. The van der Waals surface area contributed by atoms with Gasteiger partial charge in [-0.25, -0.2) is 14.5 Å². The number of rotatable bonds is 5. The predicted octanol–water partition coefficient (Wildman–Crippen LogP) is 4.58. The molecule has 0 fully saturated rings. The number of aromatic nitrogens is 5. The van der Waals surface area contributed by atoms with Crippen LogP contribution < -0.4 is 0 Å². The second kappa shape index (κ2) is 11.3. The average Bonchev–Trinajstić information content (AvgIpc) is 3.43. The van der Waals surface area contributed by atoms with Crippen LogP contribution in [0.5, 0.6) is 0 Å². The third-order valence-corrected chi connectivity index (χ3v) is 4.88. The average molecular weight is 547 g/mol. The van der Waals surface area contributed by atoms with Crippen molar-refractivity contribution in [1.82, 2.24) is 24.1 Å². The first-order valence-electron chi connectivity index (χ1n) is 9.22. The van der Waals surface area contributed by atoms with Gasteiger partial charge >= 0.3 is 0 Å². The molecule has 0 saturated carbocycles. The van der Waals surface area contributed by atoms with Crippen LogP contribution in [0.1, 0.15) is 5.56 Å². The van der Waals surface area contributed by atoms with E-state index in [0.29, 0.717) is 0 Å². The SMILES string of the molecule is [CH3-].[OH-].[Sm].[c-]1cccc(-c2cnn3cc(-c4ccc(CCn5ccnc5)cc4)cnc23)c1. The molecular formula is C24H22N5OSm-3. The van der Waals surface area contributed by atoms with E-state index in [4.69, 9.17) is 0 Å². The van der Waals surface area contributed by atoms with Gasteiger partial charge in [-0.3, -0.25) is 0 Å². The van der Waals surface area contributed by atoms with Crippen LogP contribution in [0.15, 0.2) is 85.8 Å². The van der Waals surface area contributed by atoms with Crippen molar-refractivity contribution in [2.75, 3.05) is 0 Å². The Morgan fingerprint density at radius 1 is 0.968 bits per heavy atom. The quantitative estimate of drug-likeness (QED) is 0.303.